The molecule has 0 fully saturated rings. The molecule has 0 bridgehead atoms. The zero-order valence-electron chi connectivity index (χ0n) is 10.5. The molecule has 8 heteroatoms. The van der Waals surface area contributed by atoms with Gasteiger partial charge in [0.05, 0.1) is 11.1 Å². The highest BCUT2D eigenvalue weighted by molar-refractivity contribution is 7.80. The fraction of sp³-hybridized carbons (Fsp3) is 0.273. The number of nitro groups is 1. The topological polar surface area (TPSA) is 99.8 Å². The molecule has 0 radical (unpaired) electrons. The van der Waals surface area contributed by atoms with E-state index in [0.29, 0.717) is 5.11 Å². The van der Waals surface area contributed by atoms with Crippen molar-refractivity contribution in [1.29, 1.82) is 0 Å². The molecule has 0 aliphatic heterocycles. The van der Waals surface area contributed by atoms with Crippen LogP contribution in [0.4, 0.5) is 5.69 Å². The molecule has 0 aliphatic rings. The Morgan fingerprint density at radius 3 is 2.84 bits per heavy atom. The maximum absolute atomic E-state index is 10.6. The lowest BCUT2D eigenvalue weighted by Crippen LogP contribution is -2.36. The Morgan fingerprint density at radius 2 is 2.26 bits per heavy atom. The first-order valence-corrected chi connectivity index (χ1v) is 5.88. The average Bonchev–Trinajstić information content (AvgIpc) is 2.30. The molecule has 0 aromatic heterocycles. The van der Waals surface area contributed by atoms with Crippen molar-refractivity contribution >= 4 is 29.2 Å². The summed E-state index contributed by atoms with van der Waals surface area (Å²) in [6, 6.07) is 3.84. The summed E-state index contributed by atoms with van der Waals surface area (Å²) in [5.74, 6) is -0.0983. The lowest BCUT2D eigenvalue weighted by Gasteiger charge is -2.09. The highest BCUT2D eigenvalue weighted by Crippen LogP contribution is 2.21. The van der Waals surface area contributed by atoms with Crippen LogP contribution in [-0.4, -0.2) is 27.4 Å². The summed E-state index contributed by atoms with van der Waals surface area (Å²) in [5.41, 5.74) is 2.65. The van der Waals surface area contributed by atoms with E-state index in [0.717, 1.165) is 0 Å². The first kappa shape index (κ1) is 14.8. The second kappa shape index (κ2) is 6.64. The van der Waals surface area contributed by atoms with Gasteiger partial charge in [-0.15, -0.1) is 0 Å². The number of nitro benzene ring substituents is 1. The largest absolute Gasteiger partial charge is 0.507 e. The molecule has 0 amide bonds. The van der Waals surface area contributed by atoms with E-state index in [4.69, 9.17) is 12.2 Å². The van der Waals surface area contributed by atoms with Gasteiger partial charge in [0.2, 0.25) is 0 Å². The van der Waals surface area contributed by atoms with Gasteiger partial charge in [-0.3, -0.25) is 15.5 Å². The predicted molar refractivity (Wildman–Crippen MR) is 76.4 cm³/mol. The lowest BCUT2D eigenvalue weighted by molar-refractivity contribution is -0.384. The first-order valence-electron chi connectivity index (χ1n) is 5.47. The van der Waals surface area contributed by atoms with Gasteiger partial charge in [-0.05, 0) is 32.1 Å². The molecule has 102 valence electrons. The number of aromatic hydroxyl groups is 1. The summed E-state index contributed by atoms with van der Waals surface area (Å²) in [4.78, 5) is 10.1. The number of rotatable bonds is 4. The Bertz CT molecular complexity index is 517. The van der Waals surface area contributed by atoms with E-state index in [-0.39, 0.29) is 23.0 Å². The minimum Gasteiger partial charge on any atom is -0.507 e. The zero-order chi connectivity index (χ0) is 14.4. The minimum absolute atomic E-state index is 0.0983. The number of benzene rings is 1. The number of hydrogen-bond donors (Lipinski definition) is 3. The molecule has 0 aliphatic carbocycles. The third kappa shape index (κ3) is 4.88. The van der Waals surface area contributed by atoms with Crippen LogP contribution in [0.3, 0.4) is 0 Å². The van der Waals surface area contributed by atoms with Crippen LogP contribution in [0.25, 0.3) is 0 Å². The molecule has 3 N–H and O–H groups in total. The van der Waals surface area contributed by atoms with Gasteiger partial charge >= 0.3 is 0 Å². The third-order valence-corrected chi connectivity index (χ3v) is 2.22. The zero-order valence-corrected chi connectivity index (χ0v) is 11.3. The molecule has 1 rings (SSSR count). The molecule has 0 heterocycles. The van der Waals surface area contributed by atoms with E-state index < -0.39 is 4.92 Å². The fourth-order valence-electron chi connectivity index (χ4n) is 1.21. The quantitative estimate of drug-likeness (QED) is 0.335. The molecule has 19 heavy (non-hydrogen) atoms. The van der Waals surface area contributed by atoms with E-state index in [2.05, 4.69) is 15.8 Å². The van der Waals surface area contributed by atoms with Crippen LogP contribution in [0.15, 0.2) is 23.3 Å². The van der Waals surface area contributed by atoms with E-state index >= 15 is 0 Å². The molecule has 0 saturated heterocycles. The van der Waals surface area contributed by atoms with Gasteiger partial charge in [0.15, 0.2) is 5.11 Å². The van der Waals surface area contributed by atoms with Crippen molar-refractivity contribution < 1.29 is 10.0 Å². The fourth-order valence-corrected chi connectivity index (χ4v) is 1.50. The molecular formula is C11H14N4O3S. The van der Waals surface area contributed by atoms with E-state index in [1.54, 1.807) is 0 Å². The molecule has 7 nitrogen and oxygen atoms in total. The summed E-state index contributed by atoms with van der Waals surface area (Å²) >= 11 is 4.94. The van der Waals surface area contributed by atoms with Gasteiger partial charge < -0.3 is 10.4 Å². The molecular weight excluding hydrogens is 268 g/mol. The second-order valence-electron chi connectivity index (χ2n) is 4.00. The number of phenols is 1. The Morgan fingerprint density at radius 1 is 1.58 bits per heavy atom. The van der Waals surface area contributed by atoms with Gasteiger partial charge in [0.1, 0.15) is 5.75 Å². The molecule has 1 aromatic carbocycles. The predicted octanol–water partition coefficient (Wildman–Crippen LogP) is 1.51. The van der Waals surface area contributed by atoms with Crippen molar-refractivity contribution in [3.63, 3.8) is 0 Å². The van der Waals surface area contributed by atoms with Crippen molar-refractivity contribution in [3.8, 4) is 5.75 Å². The van der Waals surface area contributed by atoms with Gasteiger partial charge in [-0.2, -0.15) is 5.10 Å². The van der Waals surface area contributed by atoms with Crippen molar-refractivity contribution in [2.24, 2.45) is 5.10 Å². The molecule has 0 atom stereocenters. The summed E-state index contributed by atoms with van der Waals surface area (Å²) in [6.45, 7) is 3.84. The van der Waals surface area contributed by atoms with Crippen LogP contribution in [0.1, 0.15) is 19.4 Å². The molecule has 0 spiro atoms. The maximum Gasteiger partial charge on any atom is 0.270 e. The summed E-state index contributed by atoms with van der Waals surface area (Å²) < 4.78 is 0. The Hall–Kier alpha value is -2.22. The van der Waals surface area contributed by atoms with Gasteiger partial charge in [-0.25, -0.2) is 0 Å². The number of nitrogens with zero attached hydrogens (tertiary/aromatic N) is 2. The highest BCUT2D eigenvalue weighted by Gasteiger charge is 2.08. The summed E-state index contributed by atoms with van der Waals surface area (Å²) in [5, 5.41) is 27.2. The Balaban J connectivity index is 2.73. The average molecular weight is 282 g/mol. The van der Waals surface area contributed by atoms with E-state index in [1.807, 2.05) is 13.8 Å². The SMILES string of the molecule is CC(C)NC(=S)N/N=C\c1cc([N+](=O)[O-])ccc1O. The number of nitrogens with one attached hydrogen (secondary N) is 2. The summed E-state index contributed by atoms with van der Waals surface area (Å²) in [7, 11) is 0. The molecule has 1 aromatic rings. The maximum atomic E-state index is 10.6. The Labute approximate surface area is 115 Å². The normalized spacial score (nSPS) is 10.7. The van der Waals surface area contributed by atoms with Crippen LogP contribution >= 0.6 is 12.2 Å². The number of non-ortho nitro benzene ring substituents is 1. The van der Waals surface area contributed by atoms with Crippen molar-refractivity contribution in [2.45, 2.75) is 19.9 Å². The number of phenolic OH excluding ortho intramolecular Hbond substituents is 1. The molecule has 0 saturated carbocycles. The van der Waals surface area contributed by atoms with Crippen LogP contribution < -0.4 is 10.7 Å². The Kier molecular flexibility index (Phi) is 5.19. The van der Waals surface area contributed by atoms with Crippen LogP contribution in [0, 0.1) is 10.1 Å². The monoisotopic (exact) mass is 282 g/mol. The third-order valence-electron chi connectivity index (χ3n) is 2.01. The number of hydrazone groups is 1. The van der Waals surface area contributed by atoms with Crippen LogP contribution in [0.5, 0.6) is 5.75 Å². The van der Waals surface area contributed by atoms with Gasteiger partial charge in [-0.1, -0.05) is 0 Å². The van der Waals surface area contributed by atoms with Gasteiger partial charge in [0, 0.05) is 23.7 Å². The first-order chi connectivity index (χ1) is 8.90. The highest BCUT2D eigenvalue weighted by atomic mass is 32.1. The number of hydrogen-bond acceptors (Lipinski definition) is 5. The number of thiocarbonyl (C=S) groups is 1. The van der Waals surface area contributed by atoms with Crippen molar-refractivity contribution in [1.82, 2.24) is 10.7 Å². The molecule has 0 unspecified atom stereocenters. The van der Waals surface area contributed by atoms with E-state index in [1.165, 1.54) is 24.4 Å². The van der Waals surface area contributed by atoms with Crippen molar-refractivity contribution in [3.05, 3.63) is 33.9 Å². The summed E-state index contributed by atoms with van der Waals surface area (Å²) in [6.07, 6.45) is 1.26. The second-order valence-corrected chi connectivity index (χ2v) is 4.41. The van der Waals surface area contributed by atoms with Crippen LogP contribution in [-0.2, 0) is 0 Å². The van der Waals surface area contributed by atoms with Gasteiger partial charge in [0.25, 0.3) is 5.69 Å². The standard InChI is InChI=1S/C11H14N4O3S/c1-7(2)13-11(19)14-12-6-8-5-9(15(17)18)3-4-10(8)16/h3-7,16H,1-2H3,(H2,13,14,19)/b12-6-. The van der Waals surface area contributed by atoms with Crippen LogP contribution in [0.2, 0.25) is 0 Å². The minimum atomic E-state index is -0.546. The smallest absolute Gasteiger partial charge is 0.270 e. The van der Waals surface area contributed by atoms with Crippen molar-refractivity contribution in [2.75, 3.05) is 0 Å². The van der Waals surface area contributed by atoms with E-state index in [9.17, 15) is 15.2 Å². The lowest BCUT2D eigenvalue weighted by atomic mass is 10.2.